The average molecular weight is 489 g/mol. The Kier molecular flexibility index (Phi) is 5.82. The van der Waals surface area contributed by atoms with Crippen LogP contribution in [0.25, 0.3) is 22.3 Å². The van der Waals surface area contributed by atoms with Gasteiger partial charge in [-0.3, -0.25) is 25.0 Å². The van der Waals surface area contributed by atoms with E-state index in [9.17, 15) is 25.0 Å². The fraction of sp³-hybridized carbons (Fsp3) is 0. The number of amides is 1. The molecule has 0 aliphatic rings. The molecule has 0 spiro atoms. The molecule has 0 fully saturated rings. The molecule has 2 aromatic heterocycles. The van der Waals surface area contributed by atoms with Crippen molar-refractivity contribution >= 4 is 57.7 Å². The van der Waals surface area contributed by atoms with Crippen molar-refractivity contribution in [2.45, 2.75) is 0 Å². The third kappa shape index (κ3) is 4.54. The number of rotatable bonds is 6. The van der Waals surface area contributed by atoms with Crippen LogP contribution in [0, 0.1) is 20.2 Å². The van der Waals surface area contributed by atoms with E-state index in [1.165, 1.54) is 54.7 Å². The van der Waals surface area contributed by atoms with Gasteiger partial charge in [-0.2, -0.15) is 5.10 Å². The largest absolute Gasteiger partial charge is 0.455 e. The van der Waals surface area contributed by atoms with Gasteiger partial charge in [-0.25, -0.2) is 5.43 Å². The minimum absolute atomic E-state index is 0.0944. The minimum Gasteiger partial charge on any atom is -0.455 e. The zero-order valence-corrected chi connectivity index (χ0v) is 17.7. The number of carbonyl (C=O) groups excluding carboxylic acids is 1. The maximum atomic E-state index is 12.3. The van der Waals surface area contributed by atoms with Gasteiger partial charge in [-0.05, 0) is 30.3 Å². The first-order valence-corrected chi connectivity index (χ1v) is 9.73. The third-order valence-electron chi connectivity index (χ3n) is 4.42. The first-order chi connectivity index (χ1) is 15.7. The molecule has 0 bridgehead atoms. The molecule has 2 aromatic carbocycles. The summed E-state index contributed by atoms with van der Waals surface area (Å²) in [7, 11) is 0. The molecule has 2 heterocycles. The third-order valence-corrected chi connectivity index (χ3v) is 5.03. The first-order valence-electron chi connectivity index (χ1n) is 8.98. The molecule has 33 heavy (non-hydrogen) atoms. The second kappa shape index (κ2) is 8.73. The summed E-state index contributed by atoms with van der Waals surface area (Å²) < 4.78 is 10.9. The minimum atomic E-state index is -0.687. The molecule has 1 N–H and O–H groups in total. The molecule has 11 nitrogen and oxygen atoms in total. The summed E-state index contributed by atoms with van der Waals surface area (Å²) in [6.45, 7) is 0. The molecule has 0 radical (unpaired) electrons. The molecule has 166 valence electrons. The zero-order valence-electron chi connectivity index (χ0n) is 16.2. The van der Waals surface area contributed by atoms with E-state index in [1.54, 1.807) is 0 Å². The highest BCUT2D eigenvalue weighted by Gasteiger charge is 2.19. The second-order valence-electron chi connectivity index (χ2n) is 6.53. The molecule has 0 unspecified atom stereocenters. The number of hydrazone groups is 1. The van der Waals surface area contributed by atoms with Crippen molar-refractivity contribution < 1.29 is 23.5 Å². The fourth-order valence-electron chi connectivity index (χ4n) is 2.90. The van der Waals surface area contributed by atoms with E-state index < -0.39 is 15.8 Å². The number of furan rings is 2. The molecular weight excluding hydrogens is 479 g/mol. The molecule has 0 aliphatic carbocycles. The van der Waals surface area contributed by atoms with Crippen LogP contribution < -0.4 is 5.43 Å². The Morgan fingerprint density at radius 1 is 0.970 bits per heavy atom. The van der Waals surface area contributed by atoms with E-state index in [2.05, 4.69) is 10.5 Å². The average Bonchev–Trinajstić information content (AvgIpc) is 3.40. The molecule has 0 atom stereocenters. The predicted octanol–water partition coefficient (Wildman–Crippen LogP) is 5.58. The number of nitro benzene ring substituents is 2. The van der Waals surface area contributed by atoms with Crippen LogP contribution >= 0.6 is 23.2 Å². The smallest absolute Gasteiger partial charge is 0.307 e. The highest BCUT2D eigenvalue weighted by atomic mass is 35.5. The number of carbonyl (C=O) groups is 1. The molecule has 0 saturated carbocycles. The molecule has 4 rings (SSSR count). The summed E-state index contributed by atoms with van der Waals surface area (Å²) in [5.74, 6) is -0.332. The maximum Gasteiger partial charge on any atom is 0.307 e. The lowest BCUT2D eigenvalue weighted by molar-refractivity contribution is -0.384. The number of nitrogens with zero attached hydrogens (tertiary/aromatic N) is 3. The number of fused-ring (bicyclic) bond motifs is 1. The van der Waals surface area contributed by atoms with Crippen LogP contribution in [0.2, 0.25) is 10.0 Å². The Morgan fingerprint density at radius 2 is 1.76 bits per heavy atom. The van der Waals surface area contributed by atoms with Gasteiger partial charge in [0.15, 0.2) is 5.76 Å². The maximum absolute atomic E-state index is 12.3. The van der Waals surface area contributed by atoms with Gasteiger partial charge < -0.3 is 8.83 Å². The van der Waals surface area contributed by atoms with Crippen molar-refractivity contribution in [3.63, 3.8) is 0 Å². The van der Waals surface area contributed by atoms with Gasteiger partial charge in [0.2, 0.25) is 0 Å². The summed E-state index contributed by atoms with van der Waals surface area (Å²) >= 11 is 11.9. The summed E-state index contributed by atoms with van der Waals surface area (Å²) in [6.07, 6.45) is 1.20. The van der Waals surface area contributed by atoms with Crippen LogP contribution in [0.4, 0.5) is 11.4 Å². The Labute approximate surface area is 193 Å². The Bertz CT molecular complexity index is 1460. The van der Waals surface area contributed by atoms with E-state index in [4.69, 9.17) is 32.0 Å². The quantitative estimate of drug-likeness (QED) is 0.211. The number of nitro groups is 2. The van der Waals surface area contributed by atoms with Gasteiger partial charge in [0, 0.05) is 29.1 Å². The SMILES string of the molecule is O=C(N/N=C\c1ccc(-c2cc([N+](=O)[O-])c(Cl)cc2Cl)o1)c1cc2cc([N+](=O)[O-])ccc2o1. The van der Waals surface area contributed by atoms with Crippen molar-refractivity contribution in [3.8, 4) is 11.3 Å². The molecule has 4 aromatic rings. The lowest BCUT2D eigenvalue weighted by Gasteiger charge is -2.02. The van der Waals surface area contributed by atoms with Gasteiger partial charge in [0.1, 0.15) is 22.1 Å². The monoisotopic (exact) mass is 488 g/mol. The highest BCUT2D eigenvalue weighted by Crippen LogP contribution is 2.37. The Balaban J connectivity index is 1.48. The molecule has 1 amide bonds. The molecule has 13 heteroatoms. The number of nitrogens with one attached hydrogen (secondary N) is 1. The summed E-state index contributed by atoms with van der Waals surface area (Å²) in [5, 5.41) is 26.2. The first kappa shape index (κ1) is 22.0. The number of hydrogen-bond acceptors (Lipinski definition) is 8. The van der Waals surface area contributed by atoms with Gasteiger partial charge in [0.25, 0.3) is 11.4 Å². The standard InChI is InChI=1S/C20H10Cl2N4O7/c21-14-8-15(22)16(26(30)31)7-13(14)18-4-2-12(32-18)9-23-24-20(27)19-6-10-5-11(25(28)29)1-3-17(10)33-19/h1-9H,(H,24,27)/b23-9-. The lowest BCUT2D eigenvalue weighted by Crippen LogP contribution is -2.16. The van der Waals surface area contributed by atoms with Crippen LogP contribution in [-0.4, -0.2) is 22.0 Å². The normalized spacial score (nSPS) is 11.2. The number of halogens is 2. The number of benzene rings is 2. The van der Waals surface area contributed by atoms with E-state index in [1.807, 2.05) is 0 Å². The topological polar surface area (TPSA) is 154 Å². The highest BCUT2D eigenvalue weighted by molar-refractivity contribution is 6.37. The second-order valence-corrected chi connectivity index (χ2v) is 7.35. The van der Waals surface area contributed by atoms with Gasteiger partial charge >= 0.3 is 5.91 Å². The summed E-state index contributed by atoms with van der Waals surface area (Å²) in [6, 6.07) is 10.8. The van der Waals surface area contributed by atoms with E-state index in [-0.39, 0.29) is 44.3 Å². The fourth-order valence-corrected chi connectivity index (χ4v) is 3.44. The zero-order chi connectivity index (χ0) is 23.7. The van der Waals surface area contributed by atoms with Crippen LogP contribution in [-0.2, 0) is 0 Å². The number of hydrogen-bond donors (Lipinski definition) is 1. The predicted molar refractivity (Wildman–Crippen MR) is 119 cm³/mol. The lowest BCUT2D eigenvalue weighted by atomic mass is 10.1. The van der Waals surface area contributed by atoms with Crippen molar-refractivity contribution in [2.75, 3.05) is 0 Å². The van der Waals surface area contributed by atoms with Gasteiger partial charge in [0.05, 0.1) is 21.1 Å². The Morgan fingerprint density at radius 3 is 2.48 bits per heavy atom. The van der Waals surface area contributed by atoms with E-state index in [0.29, 0.717) is 11.0 Å². The van der Waals surface area contributed by atoms with Crippen LogP contribution in [0.5, 0.6) is 0 Å². The van der Waals surface area contributed by atoms with Crippen molar-refractivity contribution in [2.24, 2.45) is 5.10 Å². The summed E-state index contributed by atoms with van der Waals surface area (Å²) in [4.78, 5) is 33.0. The van der Waals surface area contributed by atoms with E-state index >= 15 is 0 Å². The summed E-state index contributed by atoms with van der Waals surface area (Å²) in [5.41, 5.74) is 2.35. The van der Waals surface area contributed by atoms with Gasteiger partial charge in [-0.1, -0.05) is 23.2 Å². The van der Waals surface area contributed by atoms with Gasteiger partial charge in [-0.15, -0.1) is 0 Å². The number of non-ortho nitro benzene ring substituents is 1. The van der Waals surface area contributed by atoms with Crippen molar-refractivity contribution in [1.29, 1.82) is 0 Å². The van der Waals surface area contributed by atoms with E-state index in [0.717, 1.165) is 0 Å². The molecule has 0 aliphatic heterocycles. The van der Waals surface area contributed by atoms with Crippen molar-refractivity contribution in [1.82, 2.24) is 5.43 Å². The van der Waals surface area contributed by atoms with Crippen LogP contribution in [0.1, 0.15) is 16.3 Å². The van der Waals surface area contributed by atoms with Crippen molar-refractivity contribution in [3.05, 3.63) is 90.3 Å². The molecular formula is C20H10Cl2N4O7. The van der Waals surface area contributed by atoms with Crippen LogP contribution in [0.3, 0.4) is 0 Å². The van der Waals surface area contributed by atoms with Crippen LogP contribution in [0.15, 0.2) is 62.5 Å². The molecule has 0 saturated heterocycles. The Hall–Kier alpha value is -4.22.